The highest BCUT2D eigenvalue weighted by Crippen LogP contribution is 1.57. The Morgan fingerprint density at radius 2 is 2.00 bits per heavy atom. The van der Waals surface area contributed by atoms with Gasteiger partial charge >= 0.3 is 0 Å². The second kappa shape index (κ2) is 1.51. The summed E-state index contributed by atoms with van der Waals surface area (Å²) in [5.74, 6) is 0. The maximum Gasteiger partial charge on any atom is 0.170 e. The van der Waals surface area contributed by atoms with Gasteiger partial charge in [-0.25, -0.2) is 0 Å². The van der Waals surface area contributed by atoms with Crippen LogP contribution in [0.5, 0.6) is 0 Å². The normalized spacial score (nSPS) is 11.8. The lowest BCUT2D eigenvalue weighted by Crippen LogP contribution is -1.83. The SMILES string of the molecule is C/[N+]([O-])=N/[O-]. The van der Waals surface area contributed by atoms with E-state index < -0.39 is 0 Å². The minimum absolute atomic E-state index is 0.0556. The van der Waals surface area contributed by atoms with Gasteiger partial charge < -0.3 is 10.4 Å². The molecule has 0 aliphatic heterocycles. The van der Waals surface area contributed by atoms with Gasteiger partial charge in [0.15, 0.2) is 7.05 Å². The molecule has 0 saturated heterocycles. The summed E-state index contributed by atoms with van der Waals surface area (Å²) in [6.07, 6.45) is 0. The third-order valence-corrected chi connectivity index (χ3v) is 0.115. The maximum absolute atomic E-state index is 9.25. The molecule has 0 aromatic carbocycles. The van der Waals surface area contributed by atoms with Gasteiger partial charge in [-0.3, -0.25) is 0 Å². The molecule has 4 heteroatoms. The molecule has 0 spiro atoms. The highest BCUT2D eigenvalue weighted by molar-refractivity contribution is 4.10. The summed E-state index contributed by atoms with van der Waals surface area (Å²) in [7, 11) is 1.02. The Labute approximate surface area is 28.9 Å². The summed E-state index contributed by atoms with van der Waals surface area (Å²) in [6.45, 7) is 0. The third-order valence-electron chi connectivity index (χ3n) is 0.115. The first-order valence-corrected chi connectivity index (χ1v) is 1.01. The second-order valence-electron chi connectivity index (χ2n) is 0.546. The topological polar surface area (TPSA) is 61.5 Å². The van der Waals surface area contributed by atoms with E-state index in [0.717, 1.165) is 7.05 Å². The van der Waals surface area contributed by atoms with E-state index in [1.54, 1.807) is 0 Å². The summed E-state index contributed by atoms with van der Waals surface area (Å²) in [6, 6.07) is 0. The molecule has 0 fully saturated rings. The lowest BCUT2D eigenvalue weighted by Gasteiger charge is -1.88. The van der Waals surface area contributed by atoms with Gasteiger partial charge in [-0.05, 0) is 5.28 Å². The molecule has 0 amide bonds. The number of hydrogen-bond donors (Lipinski definition) is 0. The molecule has 30 valence electrons. The van der Waals surface area contributed by atoms with E-state index >= 15 is 0 Å². The molecule has 0 aromatic rings. The van der Waals surface area contributed by atoms with E-state index in [1.807, 2.05) is 5.28 Å². The second-order valence-corrected chi connectivity index (χ2v) is 0.546. The minimum Gasteiger partial charge on any atom is -0.739 e. The van der Waals surface area contributed by atoms with Crippen molar-refractivity contribution in [3.05, 3.63) is 10.4 Å². The van der Waals surface area contributed by atoms with Crippen molar-refractivity contribution < 1.29 is 4.86 Å². The van der Waals surface area contributed by atoms with Crippen molar-refractivity contribution in [1.82, 2.24) is 0 Å². The molecule has 0 rings (SSSR count). The highest BCUT2D eigenvalue weighted by Gasteiger charge is 1.54. The van der Waals surface area contributed by atoms with Gasteiger partial charge in [0, 0.05) is 0 Å². The number of nitrogens with zero attached hydrogens (tertiary/aromatic N) is 2. The quantitative estimate of drug-likeness (QED) is 0.232. The molecule has 0 unspecified atom stereocenters. The van der Waals surface area contributed by atoms with E-state index in [9.17, 15) is 5.21 Å². The van der Waals surface area contributed by atoms with Crippen LogP contribution in [-0.4, -0.2) is 11.9 Å². The van der Waals surface area contributed by atoms with Crippen LogP contribution in [0.1, 0.15) is 0 Å². The van der Waals surface area contributed by atoms with Gasteiger partial charge in [-0.15, -0.1) is 4.86 Å². The van der Waals surface area contributed by atoms with Gasteiger partial charge in [0.1, 0.15) is 0 Å². The zero-order valence-electron chi connectivity index (χ0n) is 2.71. The zero-order chi connectivity index (χ0) is 4.28. The van der Waals surface area contributed by atoms with Crippen LogP contribution < -0.4 is 0 Å². The molecule has 0 aliphatic rings. The van der Waals surface area contributed by atoms with E-state index in [4.69, 9.17) is 5.21 Å². The van der Waals surface area contributed by atoms with Gasteiger partial charge in [-0.2, -0.15) is 0 Å². The molecule has 0 saturated carbocycles. The fraction of sp³-hybridized carbons (Fsp3) is 1.00. The van der Waals surface area contributed by atoms with Crippen LogP contribution in [0, 0.1) is 10.4 Å². The van der Waals surface area contributed by atoms with Crippen molar-refractivity contribution in [2.75, 3.05) is 7.05 Å². The van der Waals surface area contributed by atoms with Crippen LogP contribution in [-0.2, 0) is 0 Å². The molecular formula is CH3N2O2-. The first-order valence-electron chi connectivity index (χ1n) is 1.01. The minimum atomic E-state index is -0.0556. The van der Waals surface area contributed by atoms with E-state index in [0.29, 0.717) is 0 Å². The summed E-state index contributed by atoms with van der Waals surface area (Å²) >= 11 is 0. The number of hydrogen-bond acceptors (Lipinski definition) is 3. The van der Waals surface area contributed by atoms with E-state index in [2.05, 4.69) is 0 Å². The summed E-state index contributed by atoms with van der Waals surface area (Å²) < 4.78 is 0. The van der Waals surface area contributed by atoms with Crippen molar-refractivity contribution in [2.45, 2.75) is 0 Å². The fourth-order valence-corrected chi connectivity index (χ4v) is 0. The standard InChI is InChI=1S/CH4N2O2/c1-3(5)2-4/h4H,1H3/p-1/b3-2-. The molecule has 0 radical (unpaired) electrons. The molecule has 0 aromatic heterocycles. The largest absolute Gasteiger partial charge is 0.739 e. The predicted octanol–water partition coefficient (Wildman–Crippen LogP) is 0.0765. The lowest BCUT2D eigenvalue weighted by molar-refractivity contribution is -0.494. The molecular weight excluding hydrogens is 72.0 g/mol. The summed E-state index contributed by atoms with van der Waals surface area (Å²) in [5.41, 5.74) is 0. The Kier molecular flexibility index (Phi) is 1.27. The van der Waals surface area contributed by atoms with Crippen molar-refractivity contribution in [1.29, 1.82) is 0 Å². The van der Waals surface area contributed by atoms with Gasteiger partial charge in [0.25, 0.3) is 0 Å². The van der Waals surface area contributed by atoms with Crippen molar-refractivity contribution in [3.8, 4) is 0 Å². The van der Waals surface area contributed by atoms with Gasteiger partial charge in [0.2, 0.25) is 0 Å². The predicted molar refractivity (Wildman–Crippen MR) is 15.3 cm³/mol. The smallest absolute Gasteiger partial charge is 0.170 e. The van der Waals surface area contributed by atoms with Crippen LogP contribution in [0.25, 0.3) is 0 Å². The number of rotatable bonds is 0. The Bertz CT molecular complexity index is 45.6. The first kappa shape index (κ1) is 4.20. The van der Waals surface area contributed by atoms with Crippen LogP contribution in [0.2, 0.25) is 0 Å². The van der Waals surface area contributed by atoms with Crippen molar-refractivity contribution in [3.63, 3.8) is 0 Å². The summed E-state index contributed by atoms with van der Waals surface area (Å²) in [5, 5.41) is 20.0. The van der Waals surface area contributed by atoms with Crippen molar-refractivity contribution in [2.24, 2.45) is 5.28 Å². The van der Waals surface area contributed by atoms with Gasteiger partial charge in [-0.1, -0.05) is 0 Å². The van der Waals surface area contributed by atoms with E-state index in [1.165, 1.54) is 0 Å². The van der Waals surface area contributed by atoms with Crippen LogP contribution in [0.3, 0.4) is 0 Å². The lowest BCUT2D eigenvalue weighted by atomic mass is 11.5. The molecule has 0 heterocycles. The molecule has 0 N–H and O–H groups in total. The molecule has 5 heavy (non-hydrogen) atoms. The maximum atomic E-state index is 9.25. The summed E-state index contributed by atoms with van der Waals surface area (Å²) in [4.78, 5) is -0.0556. The fourth-order valence-electron chi connectivity index (χ4n) is 0. The van der Waals surface area contributed by atoms with Crippen LogP contribution in [0.4, 0.5) is 0 Å². The average Bonchev–Trinajstić information content (AvgIpc) is 1.38. The van der Waals surface area contributed by atoms with Crippen molar-refractivity contribution >= 4 is 0 Å². The molecule has 0 atom stereocenters. The van der Waals surface area contributed by atoms with Crippen LogP contribution in [0.15, 0.2) is 5.28 Å². The number of hydroxylamine groups is 1. The zero-order valence-corrected chi connectivity index (χ0v) is 2.71. The Morgan fingerprint density at radius 1 is 1.80 bits per heavy atom. The molecule has 0 aliphatic carbocycles. The van der Waals surface area contributed by atoms with E-state index in [-0.39, 0.29) is 4.86 Å². The monoisotopic (exact) mass is 75.0 g/mol. The Hall–Kier alpha value is -0.800. The third kappa shape index (κ3) is 3.20. The Morgan fingerprint density at radius 3 is 2.00 bits per heavy atom. The first-order chi connectivity index (χ1) is 2.27. The Balaban J connectivity index is 3.14. The van der Waals surface area contributed by atoms with Crippen LogP contribution >= 0.6 is 0 Å². The molecule has 0 bridgehead atoms. The average molecular weight is 75.0 g/mol. The molecule has 4 nitrogen and oxygen atoms in total. The highest BCUT2D eigenvalue weighted by atomic mass is 16.6. The van der Waals surface area contributed by atoms with Gasteiger partial charge in [0.05, 0.1) is 0 Å².